The molecule has 2 aromatic heterocycles. The number of aromatic nitrogens is 5. The van der Waals surface area contributed by atoms with Crippen molar-refractivity contribution in [1.29, 1.82) is 0 Å². The molecule has 0 unspecified atom stereocenters. The molecule has 0 spiro atoms. The maximum absolute atomic E-state index is 14.1. The highest BCUT2D eigenvalue weighted by atomic mass is 35.5. The molecule has 1 aliphatic rings. The number of hydrogen-bond donors (Lipinski definition) is 3. The number of anilines is 1. The van der Waals surface area contributed by atoms with E-state index in [9.17, 15) is 9.59 Å². The van der Waals surface area contributed by atoms with Gasteiger partial charge in [0.25, 0.3) is 0 Å². The van der Waals surface area contributed by atoms with Crippen LogP contribution in [0.2, 0.25) is 0 Å². The van der Waals surface area contributed by atoms with E-state index in [-0.39, 0.29) is 30.7 Å². The van der Waals surface area contributed by atoms with E-state index in [2.05, 4.69) is 25.6 Å². The summed E-state index contributed by atoms with van der Waals surface area (Å²) in [4.78, 5) is 32.8. The van der Waals surface area contributed by atoms with Crippen molar-refractivity contribution in [3.8, 4) is 28.3 Å². The highest BCUT2D eigenvalue weighted by Gasteiger charge is 2.36. The molecule has 0 radical (unpaired) electrons. The van der Waals surface area contributed by atoms with Crippen molar-refractivity contribution in [3.63, 3.8) is 0 Å². The number of pyridine rings is 1. The van der Waals surface area contributed by atoms with Crippen molar-refractivity contribution in [1.82, 2.24) is 25.6 Å². The number of hydrogen-bond acceptors (Lipinski definition) is 8. The van der Waals surface area contributed by atoms with Crippen molar-refractivity contribution >= 4 is 29.9 Å². The Morgan fingerprint density at radius 1 is 1.02 bits per heavy atom. The molecule has 5 N–H and O–H groups in total. The number of tetrazole rings is 1. The van der Waals surface area contributed by atoms with Gasteiger partial charge in [0.05, 0.1) is 13.3 Å². The van der Waals surface area contributed by atoms with Crippen molar-refractivity contribution < 1.29 is 14.3 Å². The molecule has 5 rings (SSSR count). The van der Waals surface area contributed by atoms with Crippen LogP contribution in [0.3, 0.4) is 0 Å². The van der Waals surface area contributed by atoms with E-state index in [1.165, 1.54) is 0 Å². The lowest BCUT2D eigenvalue weighted by molar-refractivity contribution is -0.127. The molecule has 1 aliphatic carbocycles. The number of carbonyl (C=O) groups is 2. The second-order valence-corrected chi connectivity index (χ2v) is 10.3. The first-order valence-corrected chi connectivity index (χ1v) is 13.7. The topological polar surface area (TPSA) is 166 Å². The van der Waals surface area contributed by atoms with Crippen LogP contribution in [0.5, 0.6) is 5.75 Å². The van der Waals surface area contributed by atoms with Gasteiger partial charge in [0, 0.05) is 35.3 Å². The van der Waals surface area contributed by atoms with Crippen LogP contribution in [0, 0.1) is 11.8 Å². The molecule has 4 aromatic rings. The summed E-state index contributed by atoms with van der Waals surface area (Å²) < 4.78 is 5.45. The van der Waals surface area contributed by atoms with Crippen molar-refractivity contribution in [2.45, 2.75) is 38.1 Å². The highest BCUT2D eigenvalue weighted by Crippen LogP contribution is 2.33. The van der Waals surface area contributed by atoms with E-state index in [1.54, 1.807) is 48.7 Å². The first kappa shape index (κ1) is 30.6. The highest BCUT2D eigenvalue weighted by molar-refractivity contribution is 6.01. The Labute approximate surface area is 250 Å². The van der Waals surface area contributed by atoms with E-state index >= 15 is 0 Å². The number of halogens is 1. The van der Waals surface area contributed by atoms with Crippen LogP contribution in [0.25, 0.3) is 22.5 Å². The number of ether oxygens (including phenoxy) is 1. The van der Waals surface area contributed by atoms with Crippen molar-refractivity contribution in [2.24, 2.45) is 23.3 Å². The molecule has 1 saturated carbocycles. The van der Waals surface area contributed by atoms with Gasteiger partial charge in [0.15, 0.2) is 0 Å². The maximum Gasteiger partial charge on any atom is 0.240 e. The summed E-state index contributed by atoms with van der Waals surface area (Å²) in [6, 6.07) is 16.0. The van der Waals surface area contributed by atoms with Gasteiger partial charge in [0.1, 0.15) is 11.8 Å². The molecule has 0 bridgehead atoms. The van der Waals surface area contributed by atoms with E-state index in [0.717, 1.165) is 47.9 Å². The summed E-state index contributed by atoms with van der Waals surface area (Å²) in [7, 11) is 1.61. The first-order valence-electron chi connectivity index (χ1n) is 13.7. The van der Waals surface area contributed by atoms with E-state index in [1.807, 2.05) is 30.3 Å². The molecule has 2 aromatic carbocycles. The van der Waals surface area contributed by atoms with Crippen LogP contribution in [0.15, 0.2) is 67.0 Å². The van der Waals surface area contributed by atoms with Crippen LogP contribution in [0.4, 0.5) is 5.69 Å². The summed E-state index contributed by atoms with van der Waals surface area (Å²) >= 11 is 0. The Balaban J connectivity index is 0.00000405. The lowest BCUT2D eigenvalue weighted by Gasteiger charge is -2.35. The van der Waals surface area contributed by atoms with Crippen LogP contribution in [-0.4, -0.2) is 57.1 Å². The number of nitrogens with zero attached hydrogens (tertiary/aromatic N) is 5. The molecule has 0 aliphatic heterocycles. The van der Waals surface area contributed by atoms with Gasteiger partial charge < -0.3 is 16.2 Å². The largest absolute Gasteiger partial charge is 0.494 e. The second kappa shape index (κ2) is 14.0. The summed E-state index contributed by atoms with van der Waals surface area (Å²) in [6.45, 7) is 0.618. The summed E-state index contributed by atoms with van der Waals surface area (Å²) in [5.74, 6) is 0.641. The van der Waals surface area contributed by atoms with Gasteiger partial charge in [-0.3, -0.25) is 19.5 Å². The minimum atomic E-state index is -0.882. The van der Waals surface area contributed by atoms with Gasteiger partial charge in [-0.1, -0.05) is 24.3 Å². The van der Waals surface area contributed by atoms with E-state index < -0.39 is 11.9 Å². The van der Waals surface area contributed by atoms with E-state index in [0.29, 0.717) is 29.7 Å². The number of carbonyl (C=O) groups excluding carboxylic acids is 2. The molecule has 2 amide bonds. The maximum atomic E-state index is 14.1. The Hall–Kier alpha value is -4.35. The monoisotopic (exact) mass is 590 g/mol. The summed E-state index contributed by atoms with van der Waals surface area (Å²) in [6.07, 6.45) is 6.87. The quantitative estimate of drug-likeness (QED) is 0.252. The normalized spacial score (nSPS) is 17.1. The molecule has 11 nitrogen and oxygen atoms in total. The van der Waals surface area contributed by atoms with Crippen molar-refractivity contribution in [2.75, 3.05) is 18.6 Å². The third-order valence-corrected chi connectivity index (χ3v) is 7.85. The number of benzene rings is 2. The zero-order valence-electron chi connectivity index (χ0n) is 23.3. The summed E-state index contributed by atoms with van der Waals surface area (Å²) in [5, 5.41) is 14.1. The molecule has 42 heavy (non-hydrogen) atoms. The van der Waals surface area contributed by atoms with E-state index in [4.69, 9.17) is 16.2 Å². The average molecular weight is 591 g/mol. The third-order valence-electron chi connectivity index (χ3n) is 7.85. The van der Waals surface area contributed by atoms with Crippen LogP contribution < -0.4 is 21.1 Å². The standard InChI is InChI=1S/C30H34N8O3.ClH/c1-41-27-18-33-15-14-25(27)21-6-2-19(3-7-21)16-26(28(32)39)38(30(40)23-8-4-20(17-31)5-9-23)24-12-10-22(11-13-24)29-34-36-37-35-29;/h2-3,6-7,10-15,18,20,23,26H,4-5,8-9,16-17,31H2,1H3,(H2,32,39)(H,34,35,36,37);1H/t20?,23?,26-;/m0./s1. The zero-order valence-corrected chi connectivity index (χ0v) is 24.2. The SMILES string of the molecule is COc1cnccc1-c1ccc(C[C@@H](C(N)=O)N(C(=O)C2CCC(CN)CC2)c2ccc(-c3nn[nH]n3)cc2)cc1.Cl. The number of methoxy groups -OCH3 is 1. The zero-order chi connectivity index (χ0) is 28.8. The van der Waals surface area contributed by atoms with Gasteiger partial charge in [-0.05, 0) is 84.8 Å². The van der Waals surface area contributed by atoms with Crippen LogP contribution >= 0.6 is 12.4 Å². The van der Waals surface area contributed by atoms with Gasteiger partial charge in [-0.15, -0.1) is 22.6 Å². The Morgan fingerprint density at radius 3 is 2.31 bits per heavy atom. The van der Waals surface area contributed by atoms with Crippen molar-refractivity contribution in [3.05, 3.63) is 72.6 Å². The number of nitrogens with two attached hydrogens (primary N) is 2. The third kappa shape index (κ3) is 6.75. The second-order valence-electron chi connectivity index (χ2n) is 10.3. The molecule has 1 atom stereocenters. The van der Waals surface area contributed by atoms with Gasteiger partial charge >= 0.3 is 0 Å². The Kier molecular flexibility index (Phi) is 10.2. The predicted molar refractivity (Wildman–Crippen MR) is 162 cm³/mol. The fourth-order valence-electron chi connectivity index (χ4n) is 5.50. The molecule has 2 heterocycles. The predicted octanol–water partition coefficient (Wildman–Crippen LogP) is 3.55. The molecule has 220 valence electrons. The van der Waals surface area contributed by atoms with Gasteiger partial charge in [-0.25, -0.2) is 0 Å². The fourth-order valence-corrected chi connectivity index (χ4v) is 5.50. The first-order chi connectivity index (χ1) is 20.0. The number of H-pyrrole nitrogens is 1. The molecular weight excluding hydrogens is 556 g/mol. The Morgan fingerprint density at radius 2 is 1.71 bits per heavy atom. The fraction of sp³-hybridized carbons (Fsp3) is 0.333. The number of amides is 2. The number of primary amides is 1. The Bertz CT molecular complexity index is 1460. The number of aromatic amines is 1. The smallest absolute Gasteiger partial charge is 0.240 e. The van der Waals surface area contributed by atoms with Gasteiger partial charge in [-0.2, -0.15) is 5.21 Å². The molecule has 0 saturated heterocycles. The number of rotatable bonds is 10. The van der Waals surface area contributed by atoms with Crippen LogP contribution in [0.1, 0.15) is 31.2 Å². The van der Waals surface area contributed by atoms with Crippen LogP contribution in [-0.2, 0) is 16.0 Å². The minimum Gasteiger partial charge on any atom is -0.494 e. The minimum absolute atomic E-state index is 0. The molecule has 1 fully saturated rings. The number of nitrogens with one attached hydrogen (secondary N) is 1. The molecular formula is C30H35ClN8O3. The van der Waals surface area contributed by atoms with Gasteiger partial charge in [0.2, 0.25) is 17.6 Å². The lowest BCUT2D eigenvalue weighted by atomic mass is 9.81. The molecule has 12 heteroatoms. The summed E-state index contributed by atoms with van der Waals surface area (Å²) in [5.41, 5.74) is 15.9. The average Bonchev–Trinajstić information content (AvgIpc) is 3.56. The lowest BCUT2D eigenvalue weighted by Crippen LogP contribution is -2.52.